The summed E-state index contributed by atoms with van der Waals surface area (Å²) in [5.41, 5.74) is 1.53. The van der Waals surface area contributed by atoms with Crippen LogP contribution in [0, 0.1) is 5.92 Å². The van der Waals surface area contributed by atoms with E-state index in [4.69, 9.17) is 4.74 Å². The first kappa shape index (κ1) is 21.8. The number of carbonyl (C=O) groups is 3. The lowest BCUT2D eigenvalue weighted by molar-refractivity contribution is -0.938. The van der Waals surface area contributed by atoms with E-state index < -0.39 is 6.04 Å². The van der Waals surface area contributed by atoms with Crippen LogP contribution in [0.1, 0.15) is 47.6 Å². The summed E-state index contributed by atoms with van der Waals surface area (Å²) >= 11 is 0. The van der Waals surface area contributed by atoms with Crippen LogP contribution in [0.2, 0.25) is 0 Å². The van der Waals surface area contributed by atoms with E-state index in [-0.39, 0.29) is 23.8 Å². The average Bonchev–Trinajstić information content (AvgIpc) is 3.26. The van der Waals surface area contributed by atoms with Crippen LogP contribution in [-0.4, -0.2) is 65.9 Å². The molecule has 2 bridgehead atoms. The third-order valence-electron chi connectivity index (χ3n) is 7.64. The van der Waals surface area contributed by atoms with Crippen molar-refractivity contribution in [1.29, 1.82) is 0 Å². The van der Waals surface area contributed by atoms with Crippen molar-refractivity contribution in [3.05, 3.63) is 71.8 Å². The van der Waals surface area contributed by atoms with Crippen molar-refractivity contribution < 1.29 is 23.6 Å². The fraction of sp³-hybridized carbons (Fsp3) is 0.444. The number of Topliss-reactive ketones (excluding diaryl/α,β-unsaturated/α-hetero) is 1. The molecule has 4 aliphatic heterocycles. The van der Waals surface area contributed by atoms with Crippen molar-refractivity contribution in [2.24, 2.45) is 5.92 Å². The van der Waals surface area contributed by atoms with E-state index in [9.17, 15) is 14.4 Å². The number of fused-ring (bicyclic) bond motifs is 3. The van der Waals surface area contributed by atoms with Gasteiger partial charge in [0, 0.05) is 37.3 Å². The highest BCUT2D eigenvalue weighted by Gasteiger charge is 2.49. The molecule has 2 aromatic carbocycles. The molecule has 172 valence electrons. The smallest absolute Gasteiger partial charge is 0.334 e. The fourth-order valence-electron chi connectivity index (χ4n) is 5.83. The minimum Gasteiger partial charge on any atom is -0.454 e. The quantitative estimate of drug-likeness (QED) is 0.371. The summed E-state index contributed by atoms with van der Waals surface area (Å²) in [5, 5.41) is 0. The number of quaternary nitrogens is 1. The van der Waals surface area contributed by atoms with Gasteiger partial charge in [-0.15, -0.1) is 0 Å². The molecule has 2 unspecified atom stereocenters. The van der Waals surface area contributed by atoms with Gasteiger partial charge in [0.15, 0.2) is 12.1 Å². The Hall–Kier alpha value is -2.99. The van der Waals surface area contributed by atoms with Crippen LogP contribution in [0.15, 0.2) is 60.7 Å². The largest absolute Gasteiger partial charge is 0.454 e. The van der Waals surface area contributed by atoms with Crippen LogP contribution in [0.3, 0.4) is 0 Å². The summed E-state index contributed by atoms with van der Waals surface area (Å²) in [6.07, 6.45) is 2.94. The van der Waals surface area contributed by atoms with Crippen LogP contribution >= 0.6 is 0 Å². The Labute approximate surface area is 194 Å². The Morgan fingerprint density at radius 2 is 1.67 bits per heavy atom. The molecule has 1 amide bonds. The number of rotatable bonds is 7. The SMILES string of the molecule is O=C(C[N+]12CCC(CC1)C(OC(=O)C(c1ccccc1)N1CCCC1=O)C2)c1ccccc1. The molecule has 2 atom stereocenters. The molecule has 4 heterocycles. The molecule has 0 saturated carbocycles. The maximum atomic E-state index is 13.5. The first-order chi connectivity index (χ1) is 16.0. The molecule has 0 aliphatic carbocycles. The van der Waals surface area contributed by atoms with E-state index in [0.29, 0.717) is 36.5 Å². The zero-order valence-electron chi connectivity index (χ0n) is 18.9. The molecule has 0 N–H and O–H groups in total. The van der Waals surface area contributed by atoms with Crippen molar-refractivity contribution in [2.45, 2.75) is 37.8 Å². The van der Waals surface area contributed by atoms with Gasteiger partial charge in [-0.1, -0.05) is 60.7 Å². The van der Waals surface area contributed by atoms with Gasteiger partial charge >= 0.3 is 5.97 Å². The van der Waals surface area contributed by atoms with Crippen LogP contribution in [0.25, 0.3) is 0 Å². The molecular formula is C27H31N2O4+. The van der Waals surface area contributed by atoms with Gasteiger partial charge in [-0.25, -0.2) is 4.79 Å². The van der Waals surface area contributed by atoms with E-state index in [1.165, 1.54) is 0 Å². The number of likely N-dealkylation sites (tertiary alicyclic amines) is 1. The predicted molar refractivity (Wildman–Crippen MR) is 123 cm³/mol. The Morgan fingerprint density at radius 3 is 2.30 bits per heavy atom. The average molecular weight is 448 g/mol. The number of hydrogen-bond acceptors (Lipinski definition) is 4. The summed E-state index contributed by atoms with van der Waals surface area (Å²) < 4.78 is 6.84. The number of ketones is 1. The van der Waals surface area contributed by atoms with E-state index in [2.05, 4.69) is 0 Å². The molecule has 6 nitrogen and oxygen atoms in total. The van der Waals surface area contributed by atoms with Crippen LogP contribution in [0.4, 0.5) is 0 Å². The van der Waals surface area contributed by atoms with Gasteiger partial charge in [-0.05, 0) is 12.0 Å². The van der Waals surface area contributed by atoms with Gasteiger partial charge in [-0.2, -0.15) is 0 Å². The molecule has 2 aromatic rings. The molecule has 33 heavy (non-hydrogen) atoms. The Morgan fingerprint density at radius 1 is 1.00 bits per heavy atom. The van der Waals surface area contributed by atoms with Gasteiger partial charge in [0.05, 0.1) is 13.1 Å². The number of amides is 1. The maximum Gasteiger partial charge on any atom is 0.334 e. The molecule has 6 heteroatoms. The van der Waals surface area contributed by atoms with E-state index in [1.807, 2.05) is 60.7 Å². The van der Waals surface area contributed by atoms with E-state index >= 15 is 0 Å². The van der Waals surface area contributed by atoms with Gasteiger partial charge < -0.3 is 14.1 Å². The standard InChI is InChI=1S/C27H31N2O4/c30-23(20-8-3-1-4-9-20)18-29-16-13-21(14-17-29)24(19-29)33-27(32)26(22-10-5-2-6-11-22)28-15-7-12-25(28)31/h1-6,8-11,21,24,26H,7,12-19H2/q+1. The van der Waals surface area contributed by atoms with Crippen molar-refractivity contribution in [2.75, 3.05) is 32.7 Å². The second-order valence-electron chi connectivity index (χ2n) is 9.74. The monoisotopic (exact) mass is 447 g/mol. The van der Waals surface area contributed by atoms with Gasteiger partial charge in [-0.3, -0.25) is 9.59 Å². The Bertz CT molecular complexity index is 1010. The summed E-state index contributed by atoms with van der Waals surface area (Å²) in [7, 11) is 0. The zero-order valence-corrected chi connectivity index (χ0v) is 18.9. The minimum absolute atomic E-state index is 0.00618. The lowest BCUT2D eigenvalue weighted by Crippen LogP contribution is -2.66. The van der Waals surface area contributed by atoms with Crippen LogP contribution in [0.5, 0.6) is 0 Å². The zero-order chi connectivity index (χ0) is 22.8. The van der Waals surface area contributed by atoms with Crippen LogP contribution < -0.4 is 0 Å². The summed E-state index contributed by atoms with van der Waals surface area (Å²) in [6.45, 7) is 3.59. The molecular weight excluding hydrogens is 416 g/mol. The molecule has 0 radical (unpaired) electrons. The van der Waals surface area contributed by atoms with Crippen LogP contribution in [-0.2, 0) is 14.3 Å². The van der Waals surface area contributed by atoms with Gasteiger partial charge in [0.1, 0.15) is 13.1 Å². The number of carbonyl (C=O) groups excluding carboxylic acids is 3. The molecule has 0 aromatic heterocycles. The number of benzene rings is 2. The van der Waals surface area contributed by atoms with E-state index in [1.54, 1.807) is 4.90 Å². The van der Waals surface area contributed by atoms with Crippen molar-refractivity contribution >= 4 is 17.7 Å². The second kappa shape index (κ2) is 9.10. The normalized spacial score (nSPS) is 27.4. The topological polar surface area (TPSA) is 63.7 Å². The molecule has 4 aliphatic rings. The van der Waals surface area contributed by atoms with Crippen molar-refractivity contribution in [3.63, 3.8) is 0 Å². The highest BCUT2D eigenvalue weighted by molar-refractivity contribution is 5.97. The highest BCUT2D eigenvalue weighted by Crippen LogP contribution is 2.37. The maximum absolute atomic E-state index is 13.5. The minimum atomic E-state index is -0.698. The lowest BCUT2D eigenvalue weighted by atomic mass is 9.82. The van der Waals surface area contributed by atoms with Crippen molar-refractivity contribution in [1.82, 2.24) is 4.90 Å². The number of hydrogen-bond donors (Lipinski definition) is 0. The number of nitrogens with zero attached hydrogens (tertiary/aromatic N) is 2. The van der Waals surface area contributed by atoms with Crippen molar-refractivity contribution in [3.8, 4) is 0 Å². The summed E-state index contributed by atoms with van der Waals surface area (Å²) in [6, 6.07) is 18.2. The number of esters is 1. The fourth-order valence-corrected chi connectivity index (χ4v) is 5.83. The Balaban J connectivity index is 1.32. The second-order valence-corrected chi connectivity index (χ2v) is 9.74. The third-order valence-corrected chi connectivity index (χ3v) is 7.64. The molecule has 4 fully saturated rings. The highest BCUT2D eigenvalue weighted by atomic mass is 16.5. The lowest BCUT2D eigenvalue weighted by Gasteiger charge is -2.51. The third kappa shape index (κ3) is 4.44. The number of ether oxygens (including phenoxy) is 1. The van der Waals surface area contributed by atoms with Gasteiger partial charge in [0.25, 0.3) is 0 Å². The predicted octanol–water partition coefficient (Wildman–Crippen LogP) is 3.39. The molecule has 6 rings (SSSR count). The molecule has 4 saturated heterocycles. The van der Waals surface area contributed by atoms with Gasteiger partial charge in [0.2, 0.25) is 11.7 Å². The Kier molecular flexibility index (Phi) is 6.02. The number of piperidine rings is 3. The summed E-state index contributed by atoms with van der Waals surface area (Å²) in [5.74, 6) is 0.131. The van der Waals surface area contributed by atoms with E-state index in [0.717, 1.165) is 43.5 Å². The first-order valence-electron chi connectivity index (χ1n) is 12.0. The first-order valence-corrected chi connectivity index (χ1v) is 12.0. The summed E-state index contributed by atoms with van der Waals surface area (Å²) in [4.78, 5) is 40.6. The molecule has 0 spiro atoms.